The number of aromatic nitrogens is 1. The van der Waals surface area contributed by atoms with Crippen molar-refractivity contribution in [1.82, 2.24) is 4.98 Å². The van der Waals surface area contributed by atoms with Gasteiger partial charge in [0, 0.05) is 11.1 Å². The van der Waals surface area contributed by atoms with Crippen molar-refractivity contribution < 1.29 is 23.1 Å². The Bertz CT molecular complexity index is 876. The number of carboxylic acids is 1. The molecule has 0 aliphatic heterocycles. The SMILES string of the molecule is O=C(O)c1cc(F)c(F)cc1-c1nc2ccc(Cl)cc2o1. The Hall–Kier alpha value is -2.47. The lowest BCUT2D eigenvalue weighted by atomic mass is 10.1. The Morgan fingerprint density at radius 1 is 1.19 bits per heavy atom. The van der Waals surface area contributed by atoms with Gasteiger partial charge in [-0.15, -0.1) is 0 Å². The van der Waals surface area contributed by atoms with Crippen molar-refractivity contribution in [3.63, 3.8) is 0 Å². The lowest BCUT2D eigenvalue weighted by molar-refractivity contribution is 0.0697. The normalized spacial score (nSPS) is 11.0. The fraction of sp³-hybridized carbons (Fsp3) is 0. The average molecular weight is 310 g/mol. The molecule has 21 heavy (non-hydrogen) atoms. The molecule has 0 unspecified atom stereocenters. The molecule has 0 aliphatic carbocycles. The summed E-state index contributed by atoms with van der Waals surface area (Å²) in [7, 11) is 0. The number of carboxylic acid groups (broad SMARTS) is 1. The van der Waals surface area contributed by atoms with Crippen LogP contribution in [0.5, 0.6) is 0 Å². The van der Waals surface area contributed by atoms with Crippen molar-refractivity contribution in [3.8, 4) is 11.5 Å². The number of aromatic carboxylic acids is 1. The summed E-state index contributed by atoms with van der Waals surface area (Å²) in [6, 6.07) is 5.98. The first kappa shape index (κ1) is 13.5. The highest BCUT2D eigenvalue weighted by molar-refractivity contribution is 6.31. The second-order valence-corrected chi connectivity index (χ2v) is 4.68. The quantitative estimate of drug-likeness (QED) is 0.773. The number of benzene rings is 2. The van der Waals surface area contributed by atoms with E-state index in [0.717, 1.165) is 6.07 Å². The summed E-state index contributed by atoms with van der Waals surface area (Å²) in [4.78, 5) is 15.2. The van der Waals surface area contributed by atoms with Crippen LogP contribution in [0.3, 0.4) is 0 Å². The molecule has 0 saturated carbocycles. The highest BCUT2D eigenvalue weighted by Crippen LogP contribution is 2.30. The minimum atomic E-state index is -1.41. The molecule has 0 atom stereocenters. The van der Waals surface area contributed by atoms with Crippen LogP contribution < -0.4 is 0 Å². The summed E-state index contributed by atoms with van der Waals surface area (Å²) < 4.78 is 31.9. The number of nitrogens with zero attached hydrogens (tertiary/aromatic N) is 1. The first-order chi connectivity index (χ1) is 9.95. The van der Waals surface area contributed by atoms with Gasteiger partial charge in [-0.05, 0) is 24.3 Å². The molecule has 2 aromatic carbocycles. The van der Waals surface area contributed by atoms with Crippen molar-refractivity contribution in [1.29, 1.82) is 0 Å². The van der Waals surface area contributed by atoms with Gasteiger partial charge < -0.3 is 9.52 Å². The van der Waals surface area contributed by atoms with Crippen molar-refractivity contribution in [2.45, 2.75) is 0 Å². The van der Waals surface area contributed by atoms with Gasteiger partial charge in [-0.2, -0.15) is 0 Å². The zero-order valence-electron chi connectivity index (χ0n) is 10.2. The molecule has 1 heterocycles. The molecule has 3 aromatic rings. The fourth-order valence-corrected chi connectivity index (χ4v) is 2.08. The van der Waals surface area contributed by atoms with E-state index < -0.39 is 23.2 Å². The van der Waals surface area contributed by atoms with Gasteiger partial charge in [-0.3, -0.25) is 0 Å². The number of oxazole rings is 1. The molecule has 0 fully saturated rings. The van der Waals surface area contributed by atoms with Crippen LogP contribution in [-0.2, 0) is 0 Å². The number of carbonyl (C=O) groups is 1. The maximum Gasteiger partial charge on any atom is 0.336 e. The zero-order valence-corrected chi connectivity index (χ0v) is 11.0. The summed E-state index contributed by atoms with van der Waals surface area (Å²) in [6.07, 6.45) is 0. The van der Waals surface area contributed by atoms with Crippen molar-refractivity contribution in [2.75, 3.05) is 0 Å². The third-order valence-corrected chi connectivity index (χ3v) is 3.11. The van der Waals surface area contributed by atoms with Crippen LogP contribution in [0.1, 0.15) is 10.4 Å². The standard InChI is InChI=1S/C14H6ClF2NO3/c15-6-1-2-11-12(3-6)21-13(18-11)7-4-9(16)10(17)5-8(7)14(19)20/h1-5H,(H,19,20). The minimum absolute atomic E-state index is 0.122. The first-order valence-electron chi connectivity index (χ1n) is 5.74. The van der Waals surface area contributed by atoms with Gasteiger partial charge in [0.25, 0.3) is 0 Å². The van der Waals surface area contributed by atoms with E-state index in [2.05, 4.69) is 4.98 Å². The van der Waals surface area contributed by atoms with Gasteiger partial charge in [0.15, 0.2) is 17.2 Å². The Morgan fingerprint density at radius 3 is 2.62 bits per heavy atom. The van der Waals surface area contributed by atoms with Crippen LogP contribution in [0.25, 0.3) is 22.6 Å². The van der Waals surface area contributed by atoms with E-state index in [1.54, 1.807) is 12.1 Å². The maximum atomic E-state index is 13.4. The molecule has 0 radical (unpaired) electrons. The predicted molar refractivity (Wildman–Crippen MR) is 71.3 cm³/mol. The number of halogens is 3. The second kappa shape index (κ2) is 4.82. The molecule has 7 heteroatoms. The Kier molecular flexibility index (Phi) is 3.10. The van der Waals surface area contributed by atoms with Gasteiger partial charge in [0.2, 0.25) is 5.89 Å². The topological polar surface area (TPSA) is 63.3 Å². The van der Waals surface area contributed by atoms with Crippen LogP contribution in [0, 0.1) is 11.6 Å². The average Bonchev–Trinajstić information content (AvgIpc) is 2.83. The summed E-state index contributed by atoms with van der Waals surface area (Å²) in [5, 5.41) is 9.49. The fourth-order valence-electron chi connectivity index (χ4n) is 1.91. The number of fused-ring (bicyclic) bond motifs is 1. The molecule has 3 rings (SSSR count). The number of rotatable bonds is 2. The Morgan fingerprint density at radius 2 is 1.90 bits per heavy atom. The summed E-state index contributed by atoms with van der Waals surface area (Å²) in [5.74, 6) is -3.97. The molecule has 0 saturated heterocycles. The second-order valence-electron chi connectivity index (χ2n) is 4.25. The lowest BCUT2D eigenvalue weighted by Gasteiger charge is -2.03. The van der Waals surface area contributed by atoms with E-state index in [0.29, 0.717) is 22.2 Å². The van der Waals surface area contributed by atoms with E-state index in [-0.39, 0.29) is 11.5 Å². The monoisotopic (exact) mass is 309 g/mol. The van der Waals surface area contributed by atoms with Crippen molar-refractivity contribution in [3.05, 3.63) is 52.6 Å². The molecule has 0 bridgehead atoms. The van der Waals surface area contributed by atoms with E-state index >= 15 is 0 Å². The molecule has 4 nitrogen and oxygen atoms in total. The van der Waals surface area contributed by atoms with Crippen LogP contribution in [0.2, 0.25) is 5.02 Å². The summed E-state index contributed by atoms with van der Waals surface area (Å²) in [6.45, 7) is 0. The third-order valence-electron chi connectivity index (χ3n) is 2.87. The lowest BCUT2D eigenvalue weighted by Crippen LogP contribution is -2.02. The van der Waals surface area contributed by atoms with Gasteiger partial charge in [-0.1, -0.05) is 11.6 Å². The molecule has 0 spiro atoms. The molecule has 106 valence electrons. The summed E-state index contributed by atoms with van der Waals surface area (Å²) in [5.41, 5.74) is 0.161. The molecule has 1 N–H and O–H groups in total. The molecular formula is C14H6ClF2NO3. The van der Waals surface area contributed by atoms with E-state index in [9.17, 15) is 13.6 Å². The number of hydrogen-bond acceptors (Lipinski definition) is 3. The van der Waals surface area contributed by atoms with Crippen molar-refractivity contribution >= 4 is 28.7 Å². The zero-order chi connectivity index (χ0) is 15.1. The summed E-state index contributed by atoms with van der Waals surface area (Å²) >= 11 is 5.81. The predicted octanol–water partition coefficient (Wildman–Crippen LogP) is 4.12. The van der Waals surface area contributed by atoms with Gasteiger partial charge >= 0.3 is 5.97 Å². The smallest absolute Gasteiger partial charge is 0.336 e. The maximum absolute atomic E-state index is 13.4. The van der Waals surface area contributed by atoms with E-state index in [4.69, 9.17) is 21.1 Å². The number of hydrogen-bond donors (Lipinski definition) is 1. The highest BCUT2D eigenvalue weighted by atomic mass is 35.5. The van der Waals surface area contributed by atoms with Crippen molar-refractivity contribution in [2.24, 2.45) is 0 Å². The molecule has 0 amide bonds. The Labute approximate surface area is 121 Å². The molecular weight excluding hydrogens is 304 g/mol. The van der Waals surface area contributed by atoms with Crippen LogP contribution in [0.15, 0.2) is 34.7 Å². The minimum Gasteiger partial charge on any atom is -0.478 e. The van der Waals surface area contributed by atoms with Crippen LogP contribution in [-0.4, -0.2) is 16.1 Å². The van der Waals surface area contributed by atoms with Gasteiger partial charge in [0.1, 0.15) is 5.52 Å². The molecule has 1 aromatic heterocycles. The van der Waals surface area contributed by atoms with E-state index in [1.807, 2.05) is 0 Å². The van der Waals surface area contributed by atoms with Crippen LogP contribution in [0.4, 0.5) is 8.78 Å². The van der Waals surface area contributed by atoms with Gasteiger partial charge in [-0.25, -0.2) is 18.6 Å². The van der Waals surface area contributed by atoms with Gasteiger partial charge in [0.05, 0.1) is 11.1 Å². The first-order valence-corrected chi connectivity index (χ1v) is 6.12. The van der Waals surface area contributed by atoms with E-state index in [1.165, 1.54) is 6.07 Å². The highest BCUT2D eigenvalue weighted by Gasteiger charge is 2.20. The van der Waals surface area contributed by atoms with Crippen LogP contribution >= 0.6 is 11.6 Å². The Balaban J connectivity index is 2.26. The largest absolute Gasteiger partial charge is 0.478 e. The molecule has 0 aliphatic rings. The third kappa shape index (κ3) is 2.34.